The normalized spacial score (nSPS) is 28.8. The van der Waals surface area contributed by atoms with E-state index in [-0.39, 0.29) is 0 Å². The Hall–Kier alpha value is 0. The summed E-state index contributed by atoms with van der Waals surface area (Å²) in [6.45, 7) is 9.54. The van der Waals surface area contributed by atoms with E-state index in [1.54, 1.807) is 0 Å². The molecule has 1 fully saturated rings. The van der Waals surface area contributed by atoms with E-state index in [0.29, 0.717) is 0 Å². The summed E-state index contributed by atoms with van der Waals surface area (Å²) in [7, 11) is 0. The molecular formula is C15H30. The van der Waals surface area contributed by atoms with Crippen molar-refractivity contribution in [3.05, 3.63) is 0 Å². The Kier molecular flexibility index (Phi) is 5.71. The van der Waals surface area contributed by atoms with Crippen molar-refractivity contribution in [3.63, 3.8) is 0 Å². The fraction of sp³-hybridized carbons (Fsp3) is 1.00. The van der Waals surface area contributed by atoms with E-state index in [1.165, 1.54) is 44.9 Å². The van der Waals surface area contributed by atoms with E-state index < -0.39 is 0 Å². The Morgan fingerprint density at radius 2 is 1.80 bits per heavy atom. The van der Waals surface area contributed by atoms with Crippen LogP contribution in [0.1, 0.15) is 72.6 Å². The van der Waals surface area contributed by atoms with Crippen molar-refractivity contribution in [1.82, 2.24) is 0 Å². The lowest BCUT2D eigenvalue weighted by molar-refractivity contribution is 0.385. The summed E-state index contributed by atoms with van der Waals surface area (Å²) < 4.78 is 0. The lowest BCUT2D eigenvalue weighted by Crippen LogP contribution is -2.02. The van der Waals surface area contributed by atoms with Crippen LogP contribution in [0.5, 0.6) is 0 Å². The molecule has 90 valence electrons. The molecule has 1 rings (SSSR count). The van der Waals surface area contributed by atoms with Gasteiger partial charge in [-0.1, -0.05) is 59.8 Å². The van der Waals surface area contributed by atoms with Crippen molar-refractivity contribution >= 4 is 0 Å². The lowest BCUT2D eigenvalue weighted by Gasteiger charge is -2.12. The topological polar surface area (TPSA) is 0 Å². The Bertz CT molecular complexity index is 161. The van der Waals surface area contributed by atoms with Crippen LogP contribution in [0.3, 0.4) is 0 Å². The molecule has 4 atom stereocenters. The van der Waals surface area contributed by atoms with Gasteiger partial charge in [-0.3, -0.25) is 0 Å². The van der Waals surface area contributed by atoms with Crippen molar-refractivity contribution in [2.75, 3.05) is 0 Å². The molecule has 0 amide bonds. The summed E-state index contributed by atoms with van der Waals surface area (Å²) >= 11 is 0. The Labute approximate surface area is 96.8 Å². The van der Waals surface area contributed by atoms with Gasteiger partial charge in [-0.2, -0.15) is 0 Å². The molecule has 0 spiro atoms. The standard InChI is InChI=1S/C15H30/c1-5-7-9-12(3)10-14-11-15(14)13(4)8-6-2/h12-15H,5-11H2,1-4H3. The molecule has 1 saturated carbocycles. The molecule has 0 aromatic rings. The van der Waals surface area contributed by atoms with E-state index in [0.717, 1.165) is 23.7 Å². The Morgan fingerprint density at radius 1 is 1.07 bits per heavy atom. The molecule has 0 radical (unpaired) electrons. The molecule has 0 saturated heterocycles. The number of hydrogen-bond acceptors (Lipinski definition) is 0. The molecule has 0 heteroatoms. The van der Waals surface area contributed by atoms with Crippen LogP contribution in [-0.2, 0) is 0 Å². The zero-order chi connectivity index (χ0) is 11.3. The van der Waals surface area contributed by atoms with Gasteiger partial charge in [0.1, 0.15) is 0 Å². The zero-order valence-electron chi connectivity index (χ0n) is 11.3. The maximum atomic E-state index is 2.46. The van der Waals surface area contributed by atoms with E-state index in [2.05, 4.69) is 27.7 Å². The second-order valence-electron chi connectivity index (χ2n) is 5.91. The minimum atomic E-state index is 0.980. The average molecular weight is 210 g/mol. The van der Waals surface area contributed by atoms with Gasteiger partial charge >= 0.3 is 0 Å². The zero-order valence-corrected chi connectivity index (χ0v) is 11.3. The fourth-order valence-corrected chi connectivity index (χ4v) is 3.10. The third kappa shape index (κ3) is 4.57. The highest BCUT2D eigenvalue weighted by molar-refractivity contribution is 4.90. The average Bonchev–Trinajstić information content (AvgIpc) is 2.94. The predicted octanol–water partition coefficient (Wildman–Crippen LogP) is 5.28. The van der Waals surface area contributed by atoms with Crippen LogP contribution in [0, 0.1) is 23.7 Å². The summed E-state index contributed by atoms with van der Waals surface area (Å²) in [5.41, 5.74) is 0. The third-order valence-electron chi connectivity index (χ3n) is 4.21. The predicted molar refractivity (Wildman–Crippen MR) is 69.0 cm³/mol. The second-order valence-corrected chi connectivity index (χ2v) is 5.91. The summed E-state index contributed by atoms with van der Waals surface area (Å²) in [6.07, 6.45) is 10.1. The molecule has 1 aliphatic carbocycles. The molecule has 0 nitrogen and oxygen atoms in total. The van der Waals surface area contributed by atoms with Gasteiger partial charge in [0.05, 0.1) is 0 Å². The summed E-state index contributed by atoms with van der Waals surface area (Å²) in [5, 5.41) is 0. The molecule has 0 bridgehead atoms. The van der Waals surface area contributed by atoms with Gasteiger partial charge in [-0.15, -0.1) is 0 Å². The smallest absolute Gasteiger partial charge is 0.0357 e. The first kappa shape index (κ1) is 13.1. The van der Waals surface area contributed by atoms with Gasteiger partial charge < -0.3 is 0 Å². The first-order valence-electron chi connectivity index (χ1n) is 7.19. The van der Waals surface area contributed by atoms with Crippen LogP contribution in [0.2, 0.25) is 0 Å². The van der Waals surface area contributed by atoms with Gasteiger partial charge in [-0.05, 0) is 36.5 Å². The third-order valence-corrected chi connectivity index (χ3v) is 4.21. The minimum absolute atomic E-state index is 0.980. The van der Waals surface area contributed by atoms with Gasteiger partial charge in [0.15, 0.2) is 0 Å². The summed E-state index contributed by atoms with van der Waals surface area (Å²) in [6, 6.07) is 0. The SMILES string of the molecule is CCCCC(C)CC1CC1C(C)CCC. The van der Waals surface area contributed by atoms with Crippen LogP contribution >= 0.6 is 0 Å². The second kappa shape index (κ2) is 6.55. The van der Waals surface area contributed by atoms with Gasteiger partial charge in [0.25, 0.3) is 0 Å². The van der Waals surface area contributed by atoms with Crippen LogP contribution < -0.4 is 0 Å². The molecule has 15 heavy (non-hydrogen) atoms. The summed E-state index contributed by atoms with van der Waals surface area (Å²) in [4.78, 5) is 0. The first-order chi connectivity index (χ1) is 7.19. The van der Waals surface area contributed by atoms with E-state index in [4.69, 9.17) is 0 Å². The van der Waals surface area contributed by atoms with Crippen molar-refractivity contribution in [2.24, 2.45) is 23.7 Å². The summed E-state index contributed by atoms with van der Waals surface area (Å²) in [5.74, 6) is 4.17. The van der Waals surface area contributed by atoms with Gasteiger partial charge in [0.2, 0.25) is 0 Å². The number of rotatable bonds is 8. The molecule has 4 unspecified atom stereocenters. The van der Waals surface area contributed by atoms with Crippen molar-refractivity contribution in [2.45, 2.75) is 72.6 Å². The number of unbranched alkanes of at least 4 members (excludes halogenated alkanes) is 1. The van der Waals surface area contributed by atoms with Crippen LogP contribution in [0.25, 0.3) is 0 Å². The van der Waals surface area contributed by atoms with Crippen molar-refractivity contribution < 1.29 is 0 Å². The first-order valence-corrected chi connectivity index (χ1v) is 7.19. The Morgan fingerprint density at radius 3 is 2.40 bits per heavy atom. The lowest BCUT2D eigenvalue weighted by atomic mass is 9.93. The van der Waals surface area contributed by atoms with E-state index in [9.17, 15) is 0 Å². The Balaban J connectivity index is 2.09. The highest BCUT2D eigenvalue weighted by Crippen LogP contribution is 2.49. The van der Waals surface area contributed by atoms with Crippen LogP contribution in [-0.4, -0.2) is 0 Å². The van der Waals surface area contributed by atoms with Gasteiger partial charge in [0, 0.05) is 0 Å². The maximum Gasteiger partial charge on any atom is -0.0357 e. The minimum Gasteiger partial charge on any atom is -0.0654 e. The molecule has 0 heterocycles. The fourth-order valence-electron chi connectivity index (χ4n) is 3.10. The molecule has 0 N–H and O–H groups in total. The number of hydrogen-bond donors (Lipinski definition) is 0. The van der Waals surface area contributed by atoms with Gasteiger partial charge in [-0.25, -0.2) is 0 Å². The highest BCUT2D eigenvalue weighted by Gasteiger charge is 2.40. The molecule has 0 aromatic carbocycles. The molecular weight excluding hydrogens is 180 g/mol. The van der Waals surface area contributed by atoms with E-state index >= 15 is 0 Å². The van der Waals surface area contributed by atoms with Crippen LogP contribution in [0.4, 0.5) is 0 Å². The van der Waals surface area contributed by atoms with Crippen molar-refractivity contribution in [3.8, 4) is 0 Å². The van der Waals surface area contributed by atoms with Crippen molar-refractivity contribution in [1.29, 1.82) is 0 Å². The largest absolute Gasteiger partial charge is 0.0654 e. The molecule has 0 aliphatic heterocycles. The monoisotopic (exact) mass is 210 g/mol. The highest BCUT2D eigenvalue weighted by atomic mass is 14.5. The molecule has 1 aliphatic rings. The molecule has 0 aromatic heterocycles. The maximum absolute atomic E-state index is 2.46. The quantitative estimate of drug-likeness (QED) is 0.511. The van der Waals surface area contributed by atoms with E-state index in [1.807, 2.05) is 0 Å². The van der Waals surface area contributed by atoms with Crippen LogP contribution in [0.15, 0.2) is 0 Å².